The summed E-state index contributed by atoms with van der Waals surface area (Å²) in [6.45, 7) is 5.93. The van der Waals surface area contributed by atoms with Crippen molar-refractivity contribution in [3.63, 3.8) is 0 Å². The van der Waals surface area contributed by atoms with E-state index in [0.717, 1.165) is 25.2 Å². The highest BCUT2D eigenvalue weighted by molar-refractivity contribution is 5.79. The molecule has 0 radical (unpaired) electrons. The van der Waals surface area contributed by atoms with Gasteiger partial charge in [-0.15, -0.1) is 0 Å². The van der Waals surface area contributed by atoms with Crippen LogP contribution in [-0.4, -0.2) is 43.2 Å². The topological polar surface area (TPSA) is 39.7 Å². The van der Waals surface area contributed by atoms with Crippen LogP contribution >= 0.6 is 0 Å². The van der Waals surface area contributed by atoms with E-state index >= 15 is 0 Å². The lowest BCUT2D eigenvalue weighted by molar-refractivity contribution is -0.132. The number of halogens is 3. The van der Waals surface area contributed by atoms with Crippen molar-refractivity contribution in [1.29, 1.82) is 0 Å². The van der Waals surface area contributed by atoms with Crippen molar-refractivity contribution in [2.45, 2.75) is 58.3 Å². The van der Waals surface area contributed by atoms with Crippen LogP contribution in [0.2, 0.25) is 0 Å². The van der Waals surface area contributed by atoms with Gasteiger partial charge in [-0.1, -0.05) is 37.1 Å². The third kappa shape index (κ3) is 8.65. The number of aliphatic imine (C=N–C) groups is 1. The Morgan fingerprint density at radius 1 is 1.04 bits per heavy atom. The molecule has 0 aliphatic carbocycles. The van der Waals surface area contributed by atoms with Gasteiger partial charge >= 0.3 is 6.18 Å². The first-order chi connectivity index (χ1) is 13.0. The van der Waals surface area contributed by atoms with E-state index in [1.165, 1.54) is 31.2 Å². The van der Waals surface area contributed by atoms with E-state index in [9.17, 15) is 13.2 Å². The molecule has 27 heavy (non-hydrogen) atoms. The third-order valence-corrected chi connectivity index (χ3v) is 4.66. The Bertz CT molecular complexity index is 579. The highest BCUT2D eigenvalue weighted by Gasteiger charge is 2.26. The van der Waals surface area contributed by atoms with Crippen molar-refractivity contribution in [3.8, 4) is 0 Å². The van der Waals surface area contributed by atoms with Gasteiger partial charge in [0.25, 0.3) is 0 Å². The summed E-state index contributed by atoms with van der Waals surface area (Å²) < 4.78 is 37.0. The summed E-state index contributed by atoms with van der Waals surface area (Å²) in [4.78, 5) is 6.97. The average Bonchev–Trinajstić information content (AvgIpc) is 2.88. The van der Waals surface area contributed by atoms with Crippen LogP contribution in [-0.2, 0) is 13.1 Å². The molecule has 1 aliphatic rings. The second-order valence-corrected chi connectivity index (χ2v) is 6.95. The molecule has 0 unspecified atom stereocenters. The standard InChI is InChI=1S/C20H31F3N4/c1-2-24-19(25-12-11-20(21,22)23)26-15-17-9-5-6-10-18(17)16-27-13-7-3-4-8-14-27/h5-6,9-10H,2-4,7-8,11-16H2,1H3,(H2,24,25,26). The average molecular weight is 384 g/mol. The first-order valence-corrected chi connectivity index (χ1v) is 9.86. The largest absolute Gasteiger partial charge is 0.390 e. The lowest BCUT2D eigenvalue weighted by atomic mass is 10.1. The van der Waals surface area contributed by atoms with Gasteiger partial charge in [0.15, 0.2) is 5.96 Å². The molecular formula is C20H31F3N4. The Morgan fingerprint density at radius 3 is 2.33 bits per heavy atom. The summed E-state index contributed by atoms with van der Waals surface area (Å²) in [5, 5.41) is 5.77. The lowest BCUT2D eigenvalue weighted by Gasteiger charge is -2.21. The molecule has 1 aromatic rings. The minimum atomic E-state index is -4.16. The molecule has 1 saturated heterocycles. The molecule has 2 N–H and O–H groups in total. The first-order valence-electron chi connectivity index (χ1n) is 9.86. The fourth-order valence-corrected chi connectivity index (χ4v) is 3.23. The third-order valence-electron chi connectivity index (χ3n) is 4.66. The molecule has 0 bridgehead atoms. The number of likely N-dealkylation sites (tertiary alicyclic amines) is 1. The molecule has 0 aromatic heterocycles. The number of hydrogen-bond acceptors (Lipinski definition) is 2. The van der Waals surface area contributed by atoms with Crippen molar-refractivity contribution < 1.29 is 13.2 Å². The molecule has 152 valence electrons. The molecule has 7 heteroatoms. The zero-order valence-corrected chi connectivity index (χ0v) is 16.1. The van der Waals surface area contributed by atoms with E-state index in [-0.39, 0.29) is 6.54 Å². The fourth-order valence-electron chi connectivity index (χ4n) is 3.23. The summed E-state index contributed by atoms with van der Waals surface area (Å²) >= 11 is 0. The number of guanidine groups is 1. The highest BCUT2D eigenvalue weighted by Crippen LogP contribution is 2.18. The van der Waals surface area contributed by atoms with Crippen molar-refractivity contribution >= 4 is 5.96 Å². The van der Waals surface area contributed by atoms with E-state index in [4.69, 9.17) is 0 Å². The second kappa shape index (κ2) is 11.2. The molecule has 0 spiro atoms. The molecule has 2 rings (SSSR count). The summed E-state index contributed by atoms with van der Waals surface area (Å²) in [5.74, 6) is 0.423. The molecule has 4 nitrogen and oxygen atoms in total. The molecule has 1 aromatic carbocycles. The van der Waals surface area contributed by atoms with Gasteiger partial charge in [0.1, 0.15) is 0 Å². The summed E-state index contributed by atoms with van der Waals surface area (Å²) in [7, 11) is 0. The highest BCUT2D eigenvalue weighted by atomic mass is 19.4. The van der Waals surface area contributed by atoms with E-state index in [1.807, 2.05) is 19.1 Å². The molecule has 1 fully saturated rings. The Morgan fingerprint density at radius 2 is 1.70 bits per heavy atom. The van der Waals surface area contributed by atoms with Gasteiger partial charge in [0, 0.05) is 19.6 Å². The molecular weight excluding hydrogens is 353 g/mol. The predicted molar refractivity (Wildman–Crippen MR) is 104 cm³/mol. The first kappa shape index (κ1) is 21.5. The number of hydrogen-bond donors (Lipinski definition) is 2. The number of alkyl halides is 3. The fraction of sp³-hybridized carbons (Fsp3) is 0.650. The summed E-state index contributed by atoms with van der Waals surface area (Å²) in [6.07, 6.45) is 0.0607. The SMILES string of the molecule is CCNC(=NCc1ccccc1CN1CCCCCC1)NCCC(F)(F)F. The predicted octanol–water partition coefficient (Wildman–Crippen LogP) is 4.07. The van der Waals surface area contributed by atoms with Crippen LogP contribution < -0.4 is 10.6 Å². The van der Waals surface area contributed by atoms with Gasteiger partial charge in [0.2, 0.25) is 0 Å². The molecule has 0 saturated carbocycles. The van der Waals surface area contributed by atoms with Crippen molar-refractivity contribution in [2.75, 3.05) is 26.2 Å². The van der Waals surface area contributed by atoms with Crippen molar-refractivity contribution in [3.05, 3.63) is 35.4 Å². The van der Waals surface area contributed by atoms with Gasteiger partial charge in [0.05, 0.1) is 13.0 Å². The minimum Gasteiger partial charge on any atom is -0.357 e. The van der Waals surface area contributed by atoms with E-state index in [0.29, 0.717) is 19.0 Å². The number of nitrogens with zero attached hydrogens (tertiary/aromatic N) is 2. The van der Waals surface area contributed by atoms with E-state index in [2.05, 4.69) is 32.7 Å². The van der Waals surface area contributed by atoms with Crippen LogP contribution in [0.1, 0.15) is 50.2 Å². The van der Waals surface area contributed by atoms with Crippen LogP contribution in [0.15, 0.2) is 29.3 Å². The zero-order chi connectivity index (χ0) is 19.5. The normalized spacial score (nSPS) is 16.8. The number of benzene rings is 1. The van der Waals surface area contributed by atoms with Gasteiger partial charge in [-0.25, -0.2) is 4.99 Å². The van der Waals surface area contributed by atoms with Crippen LogP contribution in [0.25, 0.3) is 0 Å². The van der Waals surface area contributed by atoms with Crippen LogP contribution in [0, 0.1) is 0 Å². The smallest absolute Gasteiger partial charge is 0.357 e. The Labute approximate surface area is 160 Å². The Balaban J connectivity index is 1.98. The van der Waals surface area contributed by atoms with Crippen molar-refractivity contribution in [1.82, 2.24) is 15.5 Å². The van der Waals surface area contributed by atoms with E-state index in [1.54, 1.807) is 0 Å². The van der Waals surface area contributed by atoms with Gasteiger partial charge < -0.3 is 10.6 Å². The molecule has 1 heterocycles. The monoisotopic (exact) mass is 384 g/mol. The molecule has 1 aliphatic heterocycles. The minimum absolute atomic E-state index is 0.176. The number of nitrogens with one attached hydrogen (secondary N) is 2. The molecule has 0 amide bonds. The van der Waals surface area contributed by atoms with E-state index < -0.39 is 12.6 Å². The molecule has 0 atom stereocenters. The maximum absolute atomic E-state index is 12.3. The Hall–Kier alpha value is -1.76. The van der Waals surface area contributed by atoms with Crippen LogP contribution in [0.4, 0.5) is 13.2 Å². The maximum Gasteiger partial charge on any atom is 0.390 e. The zero-order valence-electron chi connectivity index (χ0n) is 16.1. The summed E-state index contributed by atoms with van der Waals surface area (Å²) in [6, 6.07) is 8.20. The van der Waals surface area contributed by atoms with Crippen LogP contribution in [0.5, 0.6) is 0 Å². The van der Waals surface area contributed by atoms with Crippen molar-refractivity contribution in [2.24, 2.45) is 4.99 Å². The second-order valence-electron chi connectivity index (χ2n) is 6.95. The maximum atomic E-state index is 12.3. The van der Waals surface area contributed by atoms with Gasteiger partial charge in [-0.05, 0) is 44.0 Å². The van der Waals surface area contributed by atoms with Gasteiger partial charge in [-0.3, -0.25) is 4.90 Å². The quantitative estimate of drug-likeness (QED) is 0.550. The lowest BCUT2D eigenvalue weighted by Crippen LogP contribution is -2.38. The van der Waals surface area contributed by atoms with Gasteiger partial charge in [-0.2, -0.15) is 13.2 Å². The summed E-state index contributed by atoms with van der Waals surface area (Å²) in [5.41, 5.74) is 2.36. The number of rotatable bonds is 7. The Kier molecular flexibility index (Phi) is 8.91. The van der Waals surface area contributed by atoms with Crippen LogP contribution in [0.3, 0.4) is 0 Å².